The highest BCUT2D eigenvalue weighted by Crippen LogP contribution is 2.24. The van der Waals surface area contributed by atoms with Crippen LogP contribution in [0.5, 0.6) is 0 Å². The van der Waals surface area contributed by atoms with Gasteiger partial charge in [0.2, 0.25) is 0 Å². The van der Waals surface area contributed by atoms with Gasteiger partial charge in [-0.2, -0.15) is 0 Å². The third-order valence-electron chi connectivity index (χ3n) is 2.35. The topological polar surface area (TPSA) is 56.0 Å². The number of benzene rings is 1. The molecule has 80 valence electrons. The van der Waals surface area contributed by atoms with Gasteiger partial charge in [-0.15, -0.1) is 0 Å². The maximum atomic E-state index is 10.7. The summed E-state index contributed by atoms with van der Waals surface area (Å²) in [5.74, 6) is 0. The first-order valence-corrected chi connectivity index (χ1v) is 4.85. The van der Waals surface area contributed by atoms with Crippen molar-refractivity contribution >= 4 is 5.69 Å². The number of nitrogens with zero attached hydrogens (tertiary/aromatic N) is 2. The molecule has 2 aromatic rings. The predicted molar refractivity (Wildman–Crippen MR) is 61.1 cm³/mol. The Balaban J connectivity index is 2.46. The number of aromatic nitrogens is 1. The summed E-state index contributed by atoms with van der Waals surface area (Å²) in [6.07, 6.45) is 1.70. The van der Waals surface area contributed by atoms with Crippen LogP contribution in [0.15, 0.2) is 42.6 Å². The highest BCUT2D eigenvalue weighted by Gasteiger charge is 2.10. The molecular weight excluding hydrogens is 204 g/mol. The Labute approximate surface area is 92.7 Å². The molecule has 0 aliphatic rings. The molecule has 0 saturated carbocycles. The van der Waals surface area contributed by atoms with Crippen molar-refractivity contribution in [2.24, 2.45) is 0 Å². The largest absolute Gasteiger partial charge is 0.272 e. The first-order valence-electron chi connectivity index (χ1n) is 4.85. The summed E-state index contributed by atoms with van der Waals surface area (Å²) in [6.45, 7) is 1.73. The maximum Gasteiger partial charge on any atom is 0.272 e. The number of aryl methyl sites for hydroxylation is 1. The lowest BCUT2D eigenvalue weighted by atomic mass is 10.1. The smallest absolute Gasteiger partial charge is 0.258 e. The molecule has 4 nitrogen and oxygen atoms in total. The quantitative estimate of drug-likeness (QED) is 0.570. The number of hydrogen-bond acceptors (Lipinski definition) is 3. The van der Waals surface area contributed by atoms with Gasteiger partial charge in [0.15, 0.2) is 0 Å². The van der Waals surface area contributed by atoms with Crippen LogP contribution in [0.2, 0.25) is 0 Å². The molecule has 0 N–H and O–H groups in total. The molecule has 1 aromatic carbocycles. The molecule has 16 heavy (non-hydrogen) atoms. The highest BCUT2D eigenvalue weighted by atomic mass is 16.6. The normalized spacial score (nSPS) is 10.1. The molecule has 0 atom stereocenters. The van der Waals surface area contributed by atoms with Crippen LogP contribution >= 0.6 is 0 Å². The second-order valence-corrected chi connectivity index (χ2v) is 3.47. The molecule has 0 radical (unpaired) electrons. The molecule has 0 spiro atoms. The Morgan fingerprint density at radius 3 is 2.62 bits per heavy atom. The molecule has 0 fully saturated rings. The zero-order valence-corrected chi connectivity index (χ0v) is 8.75. The molecule has 0 amide bonds. The van der Waals surface area contributed by atoms with Crippen molar-refractivity contribution in [3.8, 4) is 11.3 Å². The summed E-state index contributed by atoms with van der Waals surface area (Å²) in [6, 6.07) is 10.6. The van der Waals surface area contributed by atoms with Gasteiger partial charge in [0.1, 0.15) is 0 Å². The van der Waals surface area contributed by atoms with Gasteiger partial charge < -0.3 is 0 Å². The molecule has 1 heterocycles. The summed E-state index contributed by atoms with van der Waals surface area (Å²) < 4.78 is 0. The van der Waals surface area contributed by atoms with E-state index in [-0.39, 0.29) is 10.6 Å². The molecule has 0 saturated heterocycles. The van der Waals surface area contributed by atoms with Crippen LogP contribution in [-0.2, 0) is 0 Å². The van der Waals surface area contributed by atoms with Gasteiger partial charge in [-0.3, -0.25) is 15.1 Å². The molecule has 1 aromatic heterocycles. The molecule has 4 heteroatoms. The maximum absolute atomic E-state index is 10.7. The molecule has 0 aliphatic carbocycles. The fourth-order valence-electron chi connectivity index (χ4n) is 1.55. The van der Waals surface area contributed by atoms with E-state index in [1.54, 1.807) is 25.3 Å². The van der Waals surface area contributed by atoms with E-state index in [2.05, 4.69) is 4.98 Å². The van der Waals surface area contributed by atoms with Crippen LogP contribution in [-0.4, -0.2) is 9.91 Å². The predicted octanol–water partition coefficient (Wildman–Crippen LogP) is 2.97. The number of nitro groups is 1. The van der Waals surface area contributed by atoms with Crippen LogP contribution in [0.25, 0.3) is 11.3 Å². The minimum atomic E-state index is -0.377. The van der Waals surface area contributed by atoms with Gasteiger partial charge in [-0.25, -0.2) is 0 Å². The number of nitro benzene ring substituents is 1. The first kappa shape index (κ1) is 10.3. The second kappa shape index (κ2) is 4.10. The Hall–Kier alpha value is -2.23. The molecular formula is C12H10N2O2. The van der Waals surface area contributed by atoms with Crippen molar-refractivity contribution in [2.45, 2.75) is 6.92 Å². The van der Waals surface area contributed by atoms with Gasteiger partial charge in [0, 0.05) is 23.4 Å². The zero-order valence-electron chi connectivity index (χ0n) is 8.75. The van der Waals surface area contributed by atoms with Crippen molar-refractivity contribution in [1.82, 2.24) is 4.98 Å². The summed E-state index contributed by atoms with van der Waals surface area (Å²) in [5.41, 5.74) is 2.50. The third-order valence-corrected chi connectivity index (χ3v) is 2.35. The SMILES string of the molecule is Cc1cc(-c2ccccn2)ccc1[N+](=O)[O-]. The summed E-state index contributed by atoms with van der Waals surface area (Å²) in [7, 11) is 0. The number of pyridine rings is 1. The van der Waals surface area contributed by atoms with E-state index in [1.165, 1.54) is 6.07 Å². The first-order chi connectivity index (χ1) is 7.68. The van der Waals surface area contributed by atoms with Crippen molar-refractivity contribution in [3.63, 3.8) is 0 Å². The minimum absolute atomic E-state index is 0.139. The van der Waals surface area contributed by atoms with Gasteiger partial charge in [0.25, 0.3) is 5.69 Å². The Bertz CT molecular complexity index is 524. The Morgan fingerprint density at radius 2 is 2.06 bits per heavy atom. The molecule has 2 rings (SSSR count). The molecule has 0 bridgehead atoms. The third kappa shape index (κ3) is 1.91. The zero-order chi connectivity index (χ0) is 11.5. The monoisotopic (exact) mass is 214 g/mol. The van der Waals surface area contributed by atoms with Crippen molar-refractivity contribution < 1.29 is 4.92 Å². The van der Waals surface area contributed by atoms with Crippen molar-refractivity contribution in [2.75, 3.05) is 0 Å². The number of hydrogen-bond donors (Lipinski definition) is 0. The van der Waals surface area contributed by atoms with Crippen LogP contribution in [0.1, 0.15) is 5.56 Å². The summed E-state index contributed by atoms with van der Waals surface area (Å²) in [4.78, 5) is 14.5. The van der Waals surface area contributed by atoms with Crippen molar-refractivity contribution in [3.05, 3.63) is 58.3 Å². The van der Waals surface area contributed by atoms with E-state index < -0.39 is 0 Å². The minimum Gasteiger partial charge on any atom is -0.258 e. The second-order valence-electron chi connectivity index (χ2n) is 3.47. The van der Waals surface area contributed by atoms with E-state index in [0.29, 0.717) is 5.56 Å². The van der Waals surface area contributed by atoms with Gasteiger partial charge in [-0.05, 0) is 31.2 Å². The summed E-state index contributed by atoms with van der Waals surface area (Å²) >= 11 is 0. The highest BCUT2D eigenvalue weighted by molar-refractivity contribution is 5.62. The molecule has 0 unspecified atom stereocenters. The van der Waals surface area contributed by atoms with E-state index in [9.17, 15) is 10.1 Å². The molecule has 0 aliphatic heterocycles. The number of rotatable bonds is 2. The van der Waals surface area contributed by atoms with Gasteiger partial charge >= 0.3 is 0 Å². The fraction of sp³-hybridized carbons (Fsp3) is 0.0833. The lowest BCUT2D eigenvalue weighted by Crippen LogP contribution is -1.92. The average molecular weight is 214 g/mol. The van der Waals surface area contributed by atoms with E-state index in [1.807, 2.05) is 18.2 Å². The van der Waals surface area contributed by atoms with E-state index in [4.69, 9.17) is 0 Å². The van der Waals surface area contributed by atoms with Gasteiger partial charge in [-0.1, -0.05) is 6.07 Å². The fourth-order valence-corrected chi connectivity index (χ4v) is 1.55. The average Bonchev–Trinajstić information content (AvgIpc) is 2.29. The van der Waals surface area contributed by atoms with Crippen LogP contribution in [0.4, 0.5) is 5.69 Å². The van der Waals surface area contributed by atoms with E-state index in [0.717, 1.165) is 11.3 Å². The van der Waals surface area contributed by atoms with Crippen molar-refractivity contribution in [1.29, 1.82) is 0 Å². The van der Waals surface area contributed by atoms with Gasteiger partial charge in [0.05, 0.1) is 10.6 Å². The van der Waals surface area contributed by atoms with E-state index >= 15 is 0 Å². The Morgan fingerprint density at radius 1 is 1.25 bits per heavy atom. The lowest BCUT2D eigenvalue weighted by Gasteiger charge is -2.02. The van der Waals surface area contributed by atoms with Crippen LogP contribution in [0, 0.1) is 17.0 Å². The lowest BCUT2D eigenvalue weighted by molar-refractivity contribution is -0.385. The summed E-state index contributed by atoms with van der Waals surface area (Å²) in [5, 5.41) is 10.7. The van der Waals surface area contributed by atoms with Crippen LogP contribution < -0.4 is 0 Å². The van der Waals surface area contributed by atoms with Crippen LogP contribution in [0.3, 0.4) is 0 Å². The Kier molecular flexibility index (Phi) is 2.64. The standard InChI is InChI=1S/C12H10N2O2/c1-9-8-10(5-6-12(9)14(15)16)11-4-2-3-7-13-11/h2-8H,1H3.